The van der Waals surface area contributed by atoms with Gasteiger partial charge >= 0.3 is 0 Å². The van der Waals surface area contributed by atoms with Crippen LogP contribution in [0.5, 0.6) is 0 Å². The maximum atomic E-state index is 12.1. The van der Waals surface area contributed by atoms with E-state index in [1.807, 2.05) is 0 Å². The normalized spacial score (nSPS) is 11.4. The summed E-state index contributed by atoms with van der Waals surface area (Å²) in [5, 5.41) is 3.68. The Morgan fingerprint density at radius 2 is 1.89 bits per heavy atom. The van der Waals surface area contributed by atoms with E-state index in [1.54, 1.807) is 0 Å². The van der Waals surface area contributed by atoms with Crippen molar-refractivity contribution >= 4 is 55.4 Å². The molecule has 0 saturated carbocycles. The highest BCUT2D eigenvalue weighted by atomic mass is 35.5. The SMILES string of the molecule is Nc1cc(Cl)c(S(=O)(=O)Nc2cnns2)c(Cl)c1. The van der Waals surface area contributed by atoms with Crippen LogP contribution in [0.25, 0.3) is 0 Å². The molecule has 0 aliphatic rings. The van der Waals surface area contributed by atoms with Crippen molar-refractivity contribution in [1.82, 2.24) is 9.59 Å². The van der Waals surface area contributed by atoms with Gasteiger partial charge in [-0.05, 0) is 12.1 Å². The molecule has 0 spiro atoms. The summed E-state index contributed by atoms with van der Waals surface area (Å²) >= 11 is 12.6. The Hall–Kier alpha value is -1.09. The van der Waals surface area contributed by atoms with E-state index in [9.17, 15) is 8.42 Å². The average Bonchev–Trinajstić information content (AvgIpc) is 2.66. The van der Waals surface area contributed by atoms with E-state index >= 15 is 0 Å². The van der Waals surface area contributed by atoms with Crippen LogP contribution in [0.15, 0.2) is 23.2 Å². The van der Waals surface area contributed by atoms with Gasteiger partial charge in [-0.15, -0.1) is 5.10 Å². The Labute approximate surface area is 117 Å². The van der Waals surface area contributed by atoms with Gasteiger partial charge in [-0.1, -0.05) is 27.7 Å². The van der Waals surface area contributed by atoms with Gasteiger partial charge < -0.3 is 5.73 Å². The van der Waals surface area contributed by atoms with Gasteiger partial charge in [0.25, 0.3) is 10.0 Å². The third-order valence-electron chi connectivity index (χ3n) is 1.89. The van der Waals surface area contributed by atoms with E-state index < -0.39 is 10.0 Å². The van der Waals surface area contributed by atoms with Gasteiger partial charge in [-0.2, -0.15) is 0 Å². The first-order chi connectivity index (χ1) is 8.40. The number of halogens is 2. The number of anilines is 2. The van der Waals surface area contributed by atoms with Gasteiger partial charge in [-0.25, -0.2) is 8.42 Å². The van der Waals surface area contributed by atoms with Crippen LogP contribution in [-0.4, -0.2) is 18.0 Å². The molecule has 10 heteroatoms. The first-order valence-electron chi connectivity index (χ1n) is 4.45. The van der Waals surface area contributed by atoms with E-state index in [0.29, 0.717) is 0 Å². The highest BCUT2D eigenvalue weighted by Gasteiger charge is 2.23. The van der Waals surface area contributed by atoms with E-state index in [4.69, 9.17) is 28.9 Å². The number of aromatic nitrogens is 2. The van der Waals surface area contributed by atoms with E-state index in [1.165, 1.54) is 18.3 Å². The fourth-order valence-corrected chi connectivity index (χ4v) is 4.15. The lowest BCUT2D eigenvalue weighted by Crippen LogP contribution is -2.13. The first kappa shape index (κ1) is 13.3. The Morgan fingerprint density at radius 3 is 2.39 bits per heavy atom. The largest absolute Gasteiger partial charge is 0.399 e. The number of nitrogens with zero attached hydrogens (tertiary/aromatic N) is 2. The Morgan fingerprint density at radius 1 is 1.28 bits per heavy atom. The van der Waals surface area contributed by atoms with Crippen molar-refractivity contribution in [3.63, 3.8) is 0 Å². The van der Waals surface area contributed by atoms with Gasteiger partial charge in [0, 0.05) is 17.2 Å². The second-order valence-corrected chi connectivity index (χ2v) is 6.42. The number of nitrogens with two attached hydrogens (primary N) is 1. The summed E-state index contributed by atoms with van der Waals surface area (Å²) in [6.45, 7) is 0. The molecule has 1 aromatic carbocycles. The van der Waals surface area contributed by atoms with Crippen molar-refractivity contribution in [3.05, 3.63) is 28.4 Å². The molecule has 0 saturated heterocycles. The van der Waals surface area contributed by atoms with Gasteiger partial charge in [0.2, 0.25) is 0 Å². The number of hydrogen-bond acceptors (Lipinski definition) is 6. The Bertz CT molecular complexity index is 649. The minimum Gasteiger partial charge on any atom is -0.399 e. The molecule has 3 N–H and O–H groups in total. The zero-order valence-corrected chi connectivity index (χ0v) is 11.7. The molecule has 0 amide bonds. The molecule has 2 aromatic rings. The van der Waals surface area contributed by atoms with Crippen molar-refractivity contribution in [1.29, 1.82) is 0 Å². The fourth-order valence-electron chi connectivity index (χ4n) is 1.23. The number of rotatable bonds is 3. The van der Waals surface area contributed by atoms with Gasteiger partial charge in [0.15, 0.2) is 0 Å². The molecular weight excluding hydrogens is 319 g/mol. The molecule has 0 unspecified atom stereocenters. The van der Waals surface area contributed by atoms with Crippen molar-refractivity contribution < 1.29 is 8.42 Å². The van der Waals surface area contributed by atoms with Gasteiger partial charge in [0.05, 0.1) is 16.2 Å². The minimum atomic E-state index is -3.90. The van der Waals surface area contributed by atoms with Crippen LogP contribution in [0.1, 0.15) is 0 Å². The highest BCUT2D eigenvalue weighted by Crippen LogP contribution is 2.33. The lowest BCUT2D eigenvalue weighted by molar-refractivity contribution is 0.601. The van der Waals surface area contributed by atoms with E-state index in [2.05, 4.69) is 14.3 Å². The monoisotopic (exact) mass is 324 g/mol. The molecule has 0 aliphatic carbocycles. The van der Waals surface area contributed by atoms with Gasteiger partial charge in [0.1, 0.15) is 9.90 Å². The quantitative estimate of drug-likeness (QED) is 0.843. The maximum Gasteiger partial charge on any atom is 0.265 e. The number of nitrogen functional groups attached to an aromatic ring is 1. The van der Waals surface area contributed by atoms with Crippen LogP contribution in [0.4, 0.5) is 10.7 Å². The zero-order valence-electron chi connectivity index (χ0n) is 8.59. The predicted octanol–water partition coefficient (Wildman–Crippen LogP) is 2.23. The third-order valence-corrected chi connectivity index (χ3v) is 4.88. The van der Waals surface area contributed by atoms with Crippen LogP contribution in [-0.2, 0) is 10.0 Å². The lowest BCUT2D eigenvalue weighted by Gasteiger charge is -2.09. The molecule has 0 atom stereocenters. The first-order valence-corrected chi connectivity index (χ1v) is 7.46. The average molecular weight is 325 g/mol. The summed E-state index contributed by atoms with van der Waals surface area (Å²) in [7, 11) is -3.90. The van der Waals surface area contributed by atoms with Crippen molar-refractivity contribution in [2.45, 2.75) is 4.90 Å². The topological polar surface area (TPSA) is 98.0 Å². The third kappa shape index (κ3) is 2.66. The second-order valence-electron chi connectivity index (χ2n) is 3.20. The summed E-state index contributed by atoms with van der Waals surface area (Å²) in [5.41, 5.74) is 5.79. The van der Waals surface area contributed by atoms with Crippen LogP contribution in [0.2, 0.25) is 10.0 Å². The molecular formula is C8H6Cl2N4O2S2. The molecule has 2 rings (SSSR count). The van der Waals surface area contributed by atoms with Gasteiger partial charge in [-0.3, -0.25) is 4.72 Å². The molecule has 0 fully saturated rings. The van der Waals surface area contributed by atoms with Crippen LogP contribution in [0.3, 0.4) is 0 Å². The number of sulfonamides is 1. The van der Waals surface area contributed by atoms with Crippen LogP contribution < -0.4 is 10.5 Å². The smallest absolute Gasteiger partial charge is 0.265 e. The van der Waals surface area contributed by atoms with E-state index in [-0.39, 0.29) is 25.6 Å². The minimum absolute atomic E-state index is 0.0509. The van der Waals surface area contributed by atoms with E-state index in [0.717, 1.165) is 11.5 Å². The highest BCUT2D eigenvalue weighted by molar-refractivity contribution is 7.93. The molecule has 0 aliphatic heterocycles. The molecule has 0 bridgehead atoms. The Kier molecular flexibility index (Phi) is 3.62. The number of benzene rings is 1. The van der Waals surface area contributed by atoms with Crippen LogP contribution >= 0.6 is 34.7 Å². The molecule has 0 radical (unpaired) electrons. The molecule has 18 heavy (non-hydrogen) atoms. The summed E-state index contributed by atoms with van der Waals surface area (Å²) in [6, 6.07) is 2.62. The predicted molar refractivity (Wildman–Crippen MR) is 71.6 cm³/mol. The summed E-state index contributed by atoms with van der Waals surface area (Å²) < 4.78 is 30.0. The van der Waals surface area contributed by atoms with Crippen molar-refractivity contribution in [2.24, 2.45) is 0 Å². The molecule has 6 nitrogen and oxygen atoms in total. The number of hydrogen-bond donors (Lipinski definition) is 2. The van der Waals surface area contributed by atoms with Crippen LogP contribution in [0, 0.1) is 0 Å². The summed E-state index contributed by atoms with van der Waals surface area (Å²) in [5.74, 6) is 0. The summed E-state index contributed by atoms with van der Waals surface area (Å²) in [6.07, 6.45) is 1.28. The molecule has 96 valence electrons. The standard InChI is InChI=1S/C8H6Cl2N4O2S2/c9-5-1-4(11)2-6(10)8(5)18(15,16)13-7-3-12-14-17-7/h1-3,13H,11H2. The zero-order chi connectivity index (χ0) is 13.3. The summed E-state index contributed by atoms with van der Waals surface area (Å²) in [4.78, 5) is -0.228. The number of nitrogens with one attached hydrogen (secondary N) is 1. The second kappa shape index (κ2) is 4.88. The van der Waals surface area contributed by atoms with Crippen molar-refractivity contribution in [2.75, 3.05) is 10.5 Å². The lowest BCUT2D eigenvalue weighted by atomic mass is 10.3. The molecule has 1 aromatic heterocycles. The molecule has 1 heterocycles. The maximum absolute atomic E-state index is 12.1. The van der Waals surface area contributed by atoms with Crippen molar-refractivity contribution in [3.8, 4) is 0 Å². The fraction of sp³-hybridized carbons (Fsp3) is 0. The Balaban J connectivity index is 2.48.